The second-order valence-corrected chi connectivity index (χ2v) is 7.10. The molecule has 3 heteroatoms. The molecule has 0 unspecified atom stereocenters. The summed E-state index contributed by atoms with van der Waals surface area (Å²) in [5, 5.41) is 3.50. The molecule has 1 fully saturated rings. The molecular formula is C16H25N3. The van der Waals surface area contributed by atoms with E-state index >= 15 is 0 Å². The molecule has 2 aliphatic rings. The number of hydrogen-bond donors (Lipinski definition) is 1. The van der Waals surface area contributed by atoms with Gasteiger partial charge in [0.15, 0.2) is 0 Å². The van der Waals surface area contributed by atoms with Crippen molar-refractivity contribution in [2.75, 3.05) is 24.5 Å². The minimum absolute atomic E-state index is 0.343. The molecule has 0 radical (unpaired) electrons. The lowest BCUT2D eigenvalue weighted by atomic mass is 9.84. The van der Waals surface area contributed by atoms with Crippen molar-refractivity contribution < 1.29 is 0 Å². The van der Waals surface area contributed by atoms with Crippen molar-refractivity contribution in [1.29, 1.82) is 0 Å². The number of aromatic nitrogens is 1. The zero-order chi connectivity index (χ0) is 13.5. The Labute approximate surface area is 116 Å². The van der Waals surface area contributed by atoms with Gasteiger partial charge in [-0.25, -0.2) is 4.98 Å². The Morgan fingerprint density at radius 1 is 1.42 bits per heavy atom. The highest BCUT2D eigenvalue weighted by atomic mass is 15.3. The van der Waals surface area contributed by atoms with Crippen LogP contribution in [0.4, 0.5) is 5.82 Å². The highest BCUT2D eigenvalue weighted by molar-refractivity contribution is 5.54. The molecule has 0 aliphatic carbocycles. The lowest BCUT2D eigenvalue weighted by molar-refractivity contribution is 0.403. The third kappa shape index (κ3) is 2.62. The Kier molecular flexibility index (Phi) is 3.25. The Morgan fingerprint density at radius 3 is 3.05 bits per heavy atom. The van der Waals surface area contributed by atoms with E-state index in [9.17, 15) is 0 Å². The first-order chi connectivity index (χ1) is 9.04. The maximum Gasteiger partial charge on any atom is 0.132 e. The van der Waals surface area contributed by atoms with E-state index in [1.54, 1.807) is 0 Å². The molecule has 0 saturated carbocycles. The Bertz CT molecular complexity index is 462. The molecule has 1 N–H and O–H groups in total. The van der Waals surface area contributed by atoms with E-state index in [2.05, 4.69) is 37.1 Å². The van der Waals surface area contributed by atoms with Crippen molar-refractivity contribution in [3.05, 3.63) is 23.4 Å². The van der Waals surface area contributed by atoms with E-state index in [1.165, 1.54) is 29.8 Å². The summed E-state index contributed by atoms with van der Waals surface area (Å²) >= 11 is 0. The number of fused-ring (bicyclic) bond motifs is 3. The largest absolute Gasteiger partial charge is 0.351 e. The van der Waals surface area contributed by atoms with Crippen LogP contribution in [0.1, 0.15) is 38.3 Å². The van der Waals surface area contributed by atoms with Crippen molar-refractivity contribution in [3.8, 4) is 0 Å². The van der Waals surface area contributed by atoms with E-state index in [-0.39, 0.29) is 0 Å². The summed E-state index contributed by atoms with van der Waals surface area (Å²) in [5.41, 5.74) is 3.36. The Morgan fingerprint density at radius 2 is 2.26 bits per heavy atom. The predicted molar refractivity (Wildman–Crippen MR) is 79.7 cm³/mol. The average Bonchev–Trinajstić information content (AvgIpc) is 2.37. The van der Waals surface area contributed by atoms with Gasteiger partial charge in [0.1, 0.15) is 5.82 Å². The van der Waals surface area contributed by atoms with Crippen LogP contribution in [-0.4, -0.2) is 30.7 Å². The van der Waals surface area contributed by atoms with Crippen molar-refractivity contribution in [3.63, 3.8) is 0 Å². The number of piperazine rings is 1. The fourth-order valence-electron chi connectivity index (χ4n) is 3.39. The summed E-state index contributed by atoms with van der Waals surface area (Å²) in [6.45, 7) is 10.2. The molecule has 1 aromatic rings. The van der Waals surface area contributed by atoms with Gasteiger partial charge in [0.2, 0.25) is 0 Å². The zero-order valence-corrected chi connectivity index (χ0v) is 12.4. The molecule has 104 valence electrons. The van der Waals surface area contributed by atoms with Crippen LogP contribution in [0.3, 0.4) is 0 Å². The molecule has 1 aromatic heterocycles. The van der Waals surface area contributed by atoms with Gasteiger partial charge in [0, 0.05) is 31.9 Å². The Hall–Kier alpha value is -1.09. The smallest absolute Gasteiger partial charge is 0.132 e. The molecule has 1 atom stereocenters. The molecule has 0 aromatic carbocycles. The van der Waals surface area contributed by atoms with Gasteiger partial charge in [-0.3, -0.25) is 0 Å². The number of hydrogen-bond acceptors (Lipinski definition) is 3. The first kappa shape index (κ1) is 12.9. The van der Waals surface area contributed by atoms with Gasteiger partial charge in [-0.15, -0.1) is 0 Å². The second-order valence-electron chi connectivity index (χ2n) is 7.10. The van der Waals surface area contributed by atoms with Crippen molar-refractivity contribution in [1.82, 2.24) is 10.3 Å². The van der Waals surface area contributed by atoms with E-state index in [4.69, 9.17) is 4.98 Å². The normalized spacial score (nSPS) is 22.9. The van der Waals surface area contributed by atoms with Crippen LogP contribution in [0.25, 0.3) is 0 Å². The van der Waals surface area contributed by atoms with Crippen molar-refractivity contribution in [2.45, 2.75) is 46.1 Å². The van der Waals surface area contributed by atoms with Gasteiger partial charge in [0.05, 0.1) is 0 Å². The van der Waals surface area contributed by atoms with Gasteiger partial charge < -0.3 is 10.2 Å². The van der Waals surface area contributed by atoms with Gasteiger partial charge in [-0.05, 0) is 41.9 Å². The monoisotopic (exact) mass is 259 g/mol. The molecule has 0 bridgehead atoms. The fraction of sp³-hybridized carbons (Fsp3) is 0.688. The molecule has 19 heavy (non-hydrogen) atoms. The minimum Gasteiger partial charge on any atom is -0.351 e. The van der Waals surface area contributed by atoms with Crippen LogP contribution >= 0.6 is 0 Å². The summed E-state index contributed by atoms with van der Waals surface area (Å²) in [5.74, 6) is 1.26. The van der Waals surface area contributed by atoms with Crippen molar-refractivity contribution >= 4 is 5.82 Å². The molecule has 3 nitrogen and oxygen atoms in total. The van der Waals surface area contributed by atoms with Crippen LogP contribution in [0, 0.1) is 5.41 Å². The van der Waals surface area contributed by atoms with Crippen LogP contribution in [0.5, 0.6) is 0 Å². The number of anilines is 1. The molecule has 2 aliphatic heterocycles. The first-order valence-corrected chi connectivity index (χ1v) is 7.49. The predicted octanol–water partition coefficient (Wildman–Crippen LogP) is 2.39. The maximum absolute atomic E-state index is 4.69. The molecular weight excluding hydrogens is 234 g/mol. The maximum atomic E-state index is 4.69. The molecule has 3 heterocycles. The summed E-state index contributed by atoms with van der Waals surface area (Å²) in [6, 6.07) is 2.88. The third-order valence-electron chi connectivity index (χ3n) is 4.20. The zero-order valence-electron chi connectivity index (χ0n) is 12.4. The lowest BCUT2D eigenvalue weighted by Crippen LogP contribution is -2.53. The summed E-state index contributed by atoms with van der Waals surface area (Å²) in [7, 11) is 0. The summed E-state index contributed by atoms with van der Waals surface area (Å²) < 4.78 is 0. The molecule has 1 saturated heterocycles. The van der Waals surface area contributed by atoms with Crippen molar-refractivity contribution in [2.24, 2.45) is 5.41 Å². The summed E-state index contributed by atoms with van der Waals surface area (Å²) in [6.07, 6.45) is 5.61. The number of nitrogens with one attached hydrogen (secondary N) is 1. The lowest BCUT2D eigenvalue weighted by Gasteiger charge is -2.42. The highest BCUT2D eigenvalue weighted by Gasteiger charge is 2.31. The van der Waals surface area contributed by atoms with E-state index in [1.807, 2.05) is 6.20 Å². The molecule has 0 amide bonds. The summed E-state index contributed by atoms with van der Waals surface area (Å²) in [4.78, 5) is 7.22. The fourth-order valence-corrected chi connectivity index (χ4v) is 3.39. The van der Waals surface area contributed by atoms with Gasteiger partial charge in [-0.2, -0.15) is 0 Å². The topological polar surface area (TPSA) is 28.2 Å². The van der Waals surface area contributed by atoms with Crippen LogP contribution in [0.2, 0.25) is 0 Å². The molecule has 3 rings (SSSR count). The SMILES string of the molecule is CC(C)(C)Cc1ccnc2c1CC[C@@H]1CNCCN21. The van der Waals surface area contributed by atoms with E-state index < -0.39 is 0 Å². The number of pyridine rings is 1. The quantitative estimate of drug-likeness (QED) is 0.839. The first-order valence-electron chi connectivity index (χ1n) is 7.49. The standard InChI is InChI=1S/C16H25N3/c1-16(2,3)10-12-6-7-18-15-14(12)5-4-13-11-17-8-9-19(13)15/h6-7,13,17H,4-5,8-11H2,1-3H3/t13-/m1/s1. The van der Waals surface area contributed by atoms with Crippen LogP contribution < -0.4 is 10.2 Å². The van der Waals surface area contributed by atoms with Gasteiger partial charge in [0.25, 0.3) is 0 Å². The number of rotatable bonds is 1. The third-order valence-corrected chi connectivity index (χ3v) is 4.20. The Balaban J connectivity index is 1.94. The minimum atomic E-state index is 0.343. The second kappa shape index (κ2) is 4.78. The van der Waals surface area contributed by atoms with Crippen LogP contribution in [-0.2, 0) is 12.8 Å². The van der Waals surface area contributed by atoms with Crippen LogP contribution in [0.15, 0.2) is 12.3 Å². The average molecular weight is 259 g/mol. The van der Waals surface area contributed by atoms with Gasteiger partial charge in [-0.1, -0.05) is 20.8 Å². The van der Waals surface area contributed by atoms with Gasteiger partial charge >= 0.3 is 0 Å². The van der Waals surface area contributed by atoms with E-state index in [0.717, 1.165) is 26.1 Å². The number of nitrogens with zero attached hydrogens (tertiary/aromatic N) is 2. The highest BCUT2D eigenvalue weighted by Crippen LogP contribution is 2.34. The van der Waals surface area contributed by atoms with E-state index in [0.29, 0.717) is 11.5 Å². The molecule has 0 spiro atoms.